The molecule has 33 heavy (non-hydrogen) atoms. The normalized spacial score (nSPS) is 10.4. The van der Waals surface area contributed by atoms with Crippen LogP contribution in [-0.2, 0) is 13.6 Å². The van der Waals surface area contributed by atoms with Gasteiger partial charge in [-0.3, -0.25) is 9.48 Å². The van der Waals surface area contributed by atoms with Crippen molar-refractivity contribution in [2.75, 3.05) is 5.73 Å². The van der Waals surface area contributed by atoms with Crippen LogP contribution in [0, 0.1) is 24.7 Å². The van der Waals surface area contributed by atoms with Crippen LogP contribution in [0.25, 0.3) is 11.1 Å². The Morgan fingerprint density at radius 2 is 1.88 bits per heavy atom. The molecule has 0 aliphatic rings. The quantitative estimate of drug-likeness (QED) is 0.375. The van der Waals surface area contributed by atoms with Crippen LogP contribution in [0.4, 0.5) is 10.2 Å². The Morgan fingerprint density at radius 1 is 1.06 bits per heavy atom. The Hall–Kier alpha value is -4.51. The second-order valence-corrected chi connectivity index (χ2v) is 7.51. The predicted octanol–water partition coefficient (Wildman–Crippen LogP) is 3.24. The summed E-state index contributed by atoms with van der Waals surface area (Å²) in [5.41, 5.74) is 11.2. The van der Waals surface area contributed by atoms with Crippen LogP contribution in [0.1, 0.15) is 32.6 Å². The molecule has 8 heteroatoms. The fraction of sp³-hybridized carbons (Fsp3) is 0.120. The lowest BCUT2D eigenvalue weighted by molar-refractivity contribution is 0.0951. The van der Waals surface area contributed by atoms with Gasteiger partial charge in [-0.2, -0.15) is 9.49 Å². The number of aryl methyl sites for hydroxylation is 2. The number of anilines is 1. The van der Waals surface area contributed by atoms with Gasteiger partial charge in [0.2, 0.25) is 5.95 Å². The van der Waals surface area contributed by atoms with E-state index in [-0.39, 0.29) is 12.5 Å². The topological polar surface area (TPSA) is 98.7 Å². The van der Waals surface area contributed by atoms with Gasteiger partial charge in [-0.05, 0) is 42.3 Å². The van der Waals surface area contributed by atoms with Crippen molar-refractivity contribution in [3.63, 3.8) is 0 Å². The van der Waals surface area contributed by atoms with E-state index in [0.717, 1.165) is 16.7 Å². The Labute approximate surface area is 190 Å². The maximum atomic E-state index is 12.9. The zero-order valence-corrected chi connectivity index (χ0v) is 18.1. The van der Waals surface area contributed by atoms with Gasteiger partial charge in [0.25, 0.3) is 5.91 Å². The van der Waals surface area contributed by atoms with Gasteiger partial charge in [-0.15, -0.1) is 0 Å². The van der Waals surface area contributed by atoms with Gasteiger partial charge in [0.1, 0.15) is 5.82 Å². The van der Waals surface area contributed by atoms with Gasteiger partial charge in [0.05, 0.1) is 11.8 Å². The average molecular weight is 440 g/mol. The van der Waals surface area contributed by atoms with Crippen molar-refractivity contribution in [1.29, 1.82) is 0 Å². The van der Waals surface area contributed by atoms with Crippen molar-refractivity contribution in [1.82, 2.24) is 25.1 Å². The number of rotatable bonds is 4. The number of aromatic nitrogens is 4. The van der Waals surface area contributed by atoms with Crippen LogP contribution >= 0.6 is 0 Å². The number of halogens is 1. The van der Waals surface area contributed by atoms with Crippen molar-refractivity contribution < 1.29 is 9.18 Å². The van der Waals surface area contributed by atoms with E-state index in [9.17, 15) is 9.18 Å². The number of nitrogens with zero attached hydrogens (tertiary/aromatic N) is 4. The van der Waals surface area contributed by atoms with Crippen LogP contribution in [0.3, 0.4) is 0 Å². The number of nitrogens with two attached hydrogens (primary N) is 1. The number of nitrogen functional groups attached to an aromatic ring is 1. The van der Waals surface area contributed by atoms with Gasteiger partial charge < -0.3 is 11.1 Å². The second-order valence-electron chi connectivity index (χ2n) is 7.51. The molecule has 3 N–H and O–H groups in total. The molecule has 3 aromatic heterocycles. The Bertz CT molecular complexity index is 1380. The minimum absolute atomic E-state index is 0.240. The first-order chi connectivity index (χ1) is 15.9. The third-order valence-electron chi connectivity index (χ3n) is 5.03. The van der Waals surface area contributed by atoms with E-state index < -0.39 is 5.95 Å². The standard InChI is InChI=1S/C25H21FN6O/c1-16-3-5-20(25(33)30-12-17-4-8-23(26)28-11-17)9-18(16)6-7-19-10-21(13-29-24(19)27)22-14-31-32(2)15-22/h3-5,8-11,13-15H,12H2,1-2H3,(H2,27,29)(H,30,33). The third-order valence-corrected chi connectivity index (χ3v) is 5.03. The third kappa shape index (κ3) is 5.22. The van der Waals surface area contributed by atoms with Crippen LogP contribution in [0.5, 0.6) is 0 Å². The Morgan fingerprint density at radius 3 is 2.61 bits per heavy atom. The maximum absolute atomic E-state index is 12.9. The van der Waals surface area contributed by atoms with Gasteiger partial charge in [-0.25, -0.2) is 9.97 Å². The zero-order chi connectivity index (χ0) is 23.4. The Balaban J connectivity index is 1.54. The first-order valence-electron chi connectivity index (χ1n) is 10.1. The maximum Gasteiger partial charge on any atom is 0.251 e. The van der Waals surface area contributed by atoms with Crippen LogP contribution in [0.2, 0.25) is 0 Å². The SMILES string of the molecule is Cc1ccc(C(=O)NCc2ccc(F)nc2)cc1C#Cc1cc(-c2cnn(C)c2)cnc1N. The molecule has 0 atom stereocenters. The van der Waals surface area contributed by atoms with E-state index in [1.54, 1.807) is 35.3 Å². The van der Waals surface area contributed by atoms with Crippen LogP contribution < -0.4 is 11.1 Å². The summed E-state index contributed by atoms with van der Waals surface area (Å²) in [4.78, 5) is 20.4. The van der Waals surface area contributed by atoms with Crippen molar-refractivity contribution in [2.45, 2.75) is 13.5 Å². The summed E-state index contributed by atoms with van der Waals surface area (Å²) >= 11 is 0. The lowest BCUT2D eigenvalue weighted by Gasteiger charge is -2.07. The fourth-order valence-electron chi connectivity index (χ4n) is 3.13. The molecule has 0 radical (unpaired) electrons. The molecule has 1 amide bonds. The monoisotopic (exact) mass is 440 g/mol. The molecule has 7 nitrogen and oxygen atoms in total. The van der Waals surface area contributed by atoms with Crippen molar-refractivity contribution in [3.8, 4) is 23.0 Å². The van der Waals surface area contributed by atoms with E-state index >= 15 is 0 Å². The average Bonchev–Trinajstić information content (AvgIpc) is 3.25. The molecule has 0 aliphatic heterocycles. The first-order valence-corrected chi connectivity index (χ1v) is 10.1. The number of carbonyl (C=O) groups excluding carboxylic acids is 1. The fourth-order valence-corrected chi connectivity index (χ4v) is 3.13. The number of hydrogen-bond acceptors (Lipinski definition) is 5. The number of benzene rings is 1. The molecule has 0 unspecified atom stereocenters. The summed E-state index contributed by atoms with van der Waals surface area (Å²) in [5, 5.41) is 6.98. The largest absolute Gasteiger partial charge is 0.383 e. The van der Waals surface area contributed by atoms with E-state index in [4.69, 9.17) is 5.73 Å². The zero-order valence-electron chi connectivity index (χ0n) is 18.1. The number of nitrogens with one attached hydrogen (secondary N) is 1. The highest BCUT2D eigenvalue weighted by Crippen LogP contribution is 2.21. The molecule has 4 aromatic rings. The van der Waals surface area contributed by atoms with Crippen LogP contribution in [-0.4, -0.2) is 25.7 Å². The summed E-state index contributed by atoms with van der Waals surface area (Å²) in [6, 6.07) is 10.0. The molecule has 0 bridgehead atoms. The summed E-state index contributed by atoms with van der Waals surface area (Å²) < 4.78 is 14.6. The molecule has 0 saturated carbocycles. The second kappa shape index (κ2) is 9.32. The summed E-state index contributed by atoms with van der Waals surface area (Å²) in [6.45, 7) is 2.16. The summed E-state index contributed by atoms with van der Waals surface area (Å²) in [5.74, 6) is 5.69. The van der Waals surface area contributed by atoms with E-state index in [1.807, 2.05) is 32.3 Å². The number of pyridine rings is 2. The molecule has 0 aliphatic carbocycles. The summed E-state index contributed by atoms with van der Waals surface area (Å²) in [7, 11) is 1.84. The van der Waals surface area contributed by atoms with Gasteiger partial charge >= 0.3 is 0 Å². The van der Waals surface area contributed by atoms with Crippen molar-refractivity contribution in [2.24, 2.45) is 7.05 Å². The molecule has 0 fully saturated rings. The van der Waals surface area contributed by atoms with Gasteiger partial charge in [-0.1, -0.05) is 24.0 Å². The molecule has 4 rings (SSSR count). The minimum Gasteiger partial charge on any atom is -0.383 e. The first kappa shape index (κ1) is 21.7. The molecule has 0 spiro atoms. The predicted molar refractivity (Wildman–Crippen MR) is 123 cm³/mol. The highest BCUT2D eigenvalue weighted by atomic mass is 19.1. The van der Waals surface area contributed by atoms with E-state index in [1.165, 1.54) is 12.3 Å². The lowest BCUT2D eigenvalue weighted by Crippen LogP contribution is -2.23. The Kier molecular flexibility index (Phi) is 6.13. The van der Waals surface area contributed by atoms with Gasteiger partial charge in [0, 0.05) is 54.4 Å². The smallest absolute Gasteiger partial charge is 0.251 e. The highest BCUT2D eigenvalue weighted by Gasteiger charge is 2.09. The van der Waals surface area contributed by atoms with E-state index in [2.05, 4.69) is 32.2 Å². The molecule has 164 valence electrons. The summed E-state index contributed by atoms with van der Waals surface area (Å²) in [6.07, 6.45) is 6.71. The van der Waals surface area contributed by atoms with Crippen LogP contribution in [0.15, 0.2) is 61.2 Å². The lowest BCUT2D eigenvalue weighted by atomic mass is 10.0. The number of carbonyl (C=O) groups is 1. The van der Waals surface area contributed by atoms with E-state index in [0.29, 0.717) is 28.1 Å². The van der Waals surface area contributed by atoms with Gasteiger partial charge in [0.15, 0.2) is 0 Å². The van der Waals surface area contributed by atoms with Crippen molar-refractivity contribution >= 4 is 11.7 Å². The molecular formula is C25H21FN6O. The number of amides is 1. The highest BCUT2D eigenvalue weighted by molar-refractivity contribution is 5.94. The molecule has 0 saturated heterocycles. The molecule has 1 aromatic carbocycles. The molecule has 3 heterocycles. The molecular weight excluding hydrogens is 419 g/mol. The van der Waals surface area contributed by atoms with Crippen molar-refractivity contribution in [3.05, 3.63) is 95.0 Å². The minimum atomic E-state index is -0.561. The number of hydrogen-bond donors (Lipinski definition) is 2.